The summed E-state index contributed by atoms with van der Waals surface area (Å²) in [7, 11) is -3.78. The van der Waals surface area contributed by atoms with Gasteiger partial charge in [0.15, 0.2) is 5.43 Å². The zero-order valence-corrected chi connectivity index (χ0v) is 11.8. The Hall–Kier alpha value is -2.19. The summed E-state index contributed by atoms with van der Waals surface area (Å²) in [6, 6.07) is 8.21. The second-order valence-corrected chi connectivity index (χ2v) is 6.83. The minimum absolute atomic E-state index is 0.0497. The average Bonchev–Trinajstić information content (AvgIpc) is 2.81. The quantitative estimate of drug-likeness (QED) is 0.808. The average molecular weight is 307 g/mol. The summed E-state index contributed by atoms with van der Waals surface area (Å²) in [5, 5.41) is 4.65. The molecule has 0 bridgehead atoms. The molecule has 8 heteroatoms. The van der Waals surface area contributed by atoms with Crippen LogP contribution in [-0.2, 0) is 14.8 Å². The lowest BCUT2D eigenvalue weighted by Gasteiger charge is -2.16. The number of aromatic amines is 1. The number of H-pyrrole nitrogens is 1. The first kappa shape index (κ1) is 13.8. The maximum absolute atomic E-state index is 12.0. The first-order valence-electron chi connectivity index (χ1n) is 6.30. The van der Waals surface area contributed by atoms with Crippen LogP contribution < -0.4 is 15.5 Å². The number of para-hydroxylation sites is 1. The van der Waals surface area contributed by atoms with Gasteiger partial charge >= 0.3 is 0 Å². The molecule has 3 N–H and O–H groups in total. The molecule has 0 radical (unpaired) electrons. The van der Waals surface area contributed by atoms with Gasteiger partial charge in [0, 0.05) is 24.4 Å². The summed E-state index contributed by atoms with van der Waals surface area (Å²) >= 11 is 0. The van der Waals surface area contributed by atoms with Gasteiger partial charge in [0.05, 0.1) is 5.52 Å². The van der Waals surface area contributed by atoms with Gasteiger partial charge in [0.25, 0.3) is 0 Å². The molecule has 1 fully saturated rings. The monoisotopic (exact) mass is 307 g/mol. The van der Waals surface area contributed by atoms with Crippen LogP contribution in [-0.4, -0.2) is 31.1 Å². The number of nitrogens with zero attached hydrogens (tertiary/aromatic N) is 1. The minimum atomic E-state index is -3.78. The number of nitrogens with two attached hydrogens (primary N) is 1. The van der Waals surface area contributed by atoms with Crippen LogP contribution in [0.2, 0.25) is 0 Å². The summed E-state index contributed by atoms with van der Waals surface area (Å²) in [4.78, 5) is 28.2. The predicted octanol–water partition coefficient (Wildman–Crippen LogP) is -0.0781. The number of rotatable bonds is 2. The predicted molar refractivity (Wildman–Crippen MR) is 78.4 cm³/mol. The van der Waals surface area contributed by atoms with Crippen LogP contribution >= 0.6 is 0 Å². The highest BCUT2D eigenvalue weighted by Gasteiger charge is 2.37. The van der Waals surface area contributed by atoms with Crippen LogP contribution in [0.15, 0.2) is 35.1 Å². The fraction of sp³-hybridized carbons (Fsp3) is 0.231. The third kappa shape index (κ3) is 2.43. The SMILES string of the molecule is NS(=O)(=O)C1CC(=O)N(c2cc(=O)c3ccccc3[nH]2)C1. The molecule has 1 aromatic heterocycles. The summed E-state index contributed by atoms with van der Waals surface area (Å²) < 4.78 is 22.7. The van der Waals surface area contributed by atoms with E-state index < -0.39 is 15.3 Å². The zero-order chi connectivity index (χ0) is 15.2. The minimum Gasteiger partial charge on any atom is -0.341 e. The van der Waals surface area contributed by atoms with Gasteiger partial charge in [-0.15, -0.1) is 0 Å². The molecule has 1 aliphatic heterocycles. The van der Waals surface area contributed by atoms with Crippen LogP contribution in [0.1, 0.15) is 6.42 Å². The summed E-state index contributed by atoms with van der Waals surface area (Å²) in [5.74, 6) is -0.0881. The second kappa shape index (κ2) is 4.68. The number of primary sulfonamides is 1. The lowest BCUT2D eigenvalue weighted by molar-refractivity contribution is -0.117. The topological polar surface area (TPSA) is 113 Å². The number of carbonyl (C=O) groups excluding carboxylic acids is 1. The molecule has 2 heterocycles. The van der Waals surface area contributed by atoms with Crippen LogP contribution in [0.4, 0.5) is 5.82 Å². The standard InChI is InChI=1S/C13H13N3O4S/c14-21(19,20)8-5-13(18)16(7-8)12-6-11(17)9-3-1-2-4-10(9)15-12/h1-4,6,8H,5,7H2,(H,15,17)(H2,14,19,20). The summed E-state index contributed by atoms with van der Waals surface area (Å²) in [6.07, 6.45) is -0.173. The lowest BCUT2D eigenvalue weighted by Crippen LogP contribution is -2.32. The molecule has 1 atom stereocenters. The van der Waals surface area contributed by atoms with Crippen molar-refractivity contribution in [3.05, 3.63) is 40.6 Å². The highest BCUT2D eigenvalue weighted by atomic mass is 32.2. The number of hydrogen-bond donors (Lipinski definition) is 2. The van der Waals surface area contributed by atoms with Crippen molar-refractivity contribution in [2.24, 2.45) is 5.14 Å². The number of amides is 1. The van der Waals surface area contributed by atoms with Crippen LogP contribution in [0, 0.1) is 0 Å². The van der Waals surface area contributed by atoms with E-state index >= 15 is 0 Å². The molecule has 3 rings (SSSR count). The number of anilines is 1. The van der Waals surface area contributed by atoms with Gasteiger partial charge in [-0.25, -0.2) is 13.6 Å². The van der Waals surface area contributed by atoms with E-state index in [2.05, 4.69) is 4.98 Å². The maximum atomic E-state index is 12.0. The van der Waals surface area contributed by atoms with Gasteiger partial charge in [0.1, 0.15) is 11.1 Å². The molecule has 110 valence electrons. The van der Waals surface area contributed by atoms with Gasteiger partial charge in [-0.1, -0.05) is 12.1 Å². The van der Waals surface area contributed by atoms with Crippen molar-refractivity contribution in [3.63, 3.8) is 0 Å². The van der Waals surface area contributed by atoms with E-state index in [1.54, 1.807) is 24.3 Å². The van der Waals surface area contributed by atoms with Crippen molar-refractivity contribution in [2.45, 2.75) is 11.7 Å². The molecule has 2 aromatic rings. The molecule has 1 amide bonds. The zero-order valence-electron chi connectivity index (χ0n) is 10.9. The number of pyridine rings is 1. The number of carbonyl (C=O) groups is 1. The molecule has 0 saturated carbocycles. The van der Waals surface area contributed by atoms with Gasteiger partial charge in [-0.3, -0.25) is 14.5 Å². The van der Waals surface area contributed by atoms with Crippen molar-refractivity contribution in [1.29, 1.82) is 0 Å². The third-order valence-corrected chi connectivity index (χ3v) is 4.81. The number of aromatic nitrogens is 1. The Kier molecular flexibility index (Phi) is 3.07. The second-order valence-electron chi connectivity index (χ2n) is 4.98. The van der Waals surface area contributed by atoms with Crippen molar-refractivity contribution in [2.75, 3.05) is 11.4 Å². The van der Waals surface area contributed by atoms with E-state index in [9.17, 15) is 18.0 Å². The molecule has 0 aliphatic carbocycles. The van der Waals surface area contributed by atoms with E-state index in [0.717, 1.165) is 0 Å². The highest BCUT2D eigenvalue weighted by Crippen LogP contribution is 2.23. The number of nitrogens with one attached hydrogen (secondary N) is 1. The van der Waals surface area contributed by atoms with E-state index in [1.807, 2.05) is 0 Å². The normalized spacial score (nSPS) is 19.4. The first-order chi connectivity index (χ1) is 9.86. The van der Waals surface area contributed by atoms with Crippen LogP contribution in [0.3, 0.4) is 0 Å². The Morgan fingerprint density at radius 1 is 1.24 bits per heavy atom. The van der Waals surface area contributed by atoms with Crippen molar-refractivity contribution in [3.8, 4) is 0 Å². The third-order valence-electron chi connectivity index (χ3n) is 3.57. The van der Waals surface area contributed by atoms with Gasteiger partial charge in [-0.05, 0) is 12.1 Å². The van der Waals surface area contributed by atoms with E-state index in [4.69, 9.17) is 5.14 Å². The highest BCUT2D eigenvalue weighted by molar-refractivity contribution is 7.89. The largest absolute Gasteiger partial charge is 0.341 e. The fourth-order valence-electron chi connectivity index (χ4n) is 2.46. The Morgan fingerprint density at radius 2 is 1.95 bits per heavy atom. The molecule has 7 nitrogen and oxygen atoms in total. The van der Waals surface area contributed by atoms with Crippen LogP contribution in [0.25, 0.3) is 10.9 Å². The van der Waals surface area contributed by atoms with Gasteiger partial charge < -0.3 is 4.98 Å². The van der Waals surface area contributed by atoms with Gasteiger partial charge in [-0.2, -0.15) is 0 Å². The van der Waals surface area contributed by atoms with E-state index in [1.165, 1.54) is 11.0 Å². The van der Waals surface area contributed by atoms with Crippen LogP contribution in [0.5, 0.6) is 0 Å². The van der Waals surface area contributed by atoms with Crippen molar-refractivity contribution < 1.29 is 13.2 Å². The number of hydrogen-bond acceptors (Lipinski definition) is 4. The molecular weight excluding hydrogens is 294 g/mol. The van der Waals surface area contributed by atoms with Crippen molar-refractivity contribution in [1.82, 2.24) is 4.98 Å². The Labute approximate surface area is 120 Å². The van der Waals surface area contributed by atoms with Gasteiger partial charge in [0.2, 0.25) is 15.9 Å². The molecule has 1 aromatic carbocycles. The number of benzene rings is 1. The molecule has 21 heavy (non-hydrogen) atoms. The molecule has 0 spiro atoms. The molecule has 1 aliphatic rings. The first-order valence-corrected chi connectivity index (χ1v) is 7.91. The number of fused-ring (bicyclic) bond motifs is 1. The number of sulfonamides is 1. The van der Waals surface area contributed by atoms with E-state index in [-0.39, 0.29) is 30.1 Å². The molecule has 1 saturated heterocycles. The Bertz CT molecular complexity index is 888. The Morgan fingerprint density at radius 3 is 2.62 bits per heavy atom. The smallest absolute Gasteiger partial charge is 0.229 e. The van der Waals surface area contributed by atoms with E-state index in [0.29, 0.717) is 10.9 Å². The maximum Gasteiger partial charge on any atom is 0.229 e. The Balaban J connectivity index is 2.05. The summed E-state index contributed by atoms with van der Waals surface area (Å²) in [5.41, 5.74) is 0.359. The molecular formula is C13H13N3O4S. The molecule has 1 unspecified atom stereocenters. The van der Waals surface area contributed by atoms with Crippen molar-refractivity contribution >= 4 is 32.7 Å². The lowest BCUT2D eigenvalue weighted by atomic mass is 10.2. The summed E-state index contributed by atoms with van der Waals surface area (Å²) in [6.45, 7) is -0.0497. The fourth-order valence-corrected chi connectivity index (χ4v) is 3.19.